The van der Waals surface area contributed by atoms with E-state index in [1.165, 1.54) is 4.63 Å². The van der Waals surface area contributed by atoms with Crippen molar-refractivity contribution in [1.82, 2.24) is 29.6 Å². The lowest BCUT2D eigenvalue weighted by atomic mass is 10.3. The summed E-state index contributed by atoms with van der Waals surface area (Å²) < 4.78 is 55.3. The molecular weight excluding hydrogens is 368 g/mol. The molecule has 0 bridgehead atoms. The quantitative estimate of drug-likeness (QED) is 0.644. The predicted octanol–water partition coefficient (Wildman–Crippen LogP) is 0.308. The highest BCUT2D eigenvalue weighted by Gasteiger charge is 2.33. The van der Waals surface area contributed by atoms with E-state index in [2.05, 4.69) is 20.6 Å². The molecule has 26 heavy (non-hydrogen) atoms. The Bertz CT molecular complexity index is 1040. The molecule has 4 rings (SSSR count). The summed E-state index contributed by atoms with van der Waals surface area (Å²) in [7, 11) is -4.26. The van der Waals surface area contributed by atoms with Crippen molar-refractivity contribution in [3.8, 4) is 0 Å². The SMILES string of the molecule is O=S(=O)(c1c(F)cccc1F)N1CCN(c2ccc3nnnn3n2)CC1. The van der Waals surface area contributed by atoms with Crippen molar-refractivity contribution in [2.24, 2.45) is 0 Å². The minimum atomic E-state index is -4.26. The first-order valence-electron chi connectivity index (χ1n) is 7.71. The minimum Gasteiger partial charge on any atom is -0.352 e. The number of nitrogens with zero attached hydrogens (tertiary/aromatic N) is 7. The van der Waals surface area contributed by atoms with Gasteiger partial charge in [0.15, 0.2) is 16.4 Å². The zero-order valence-electron chi connectivity index (χ0n) is 13.3. The summed E-state index contributed by atoms with van der Waals surface area (Å²) in [6.07, 6.45) is 0. The molecule has 12 heteroatoms. The van der Waals surface area contributed by atoms with E-state index in [4.69, 9.17) is 0 Å². The Morgan fingerprint density at radius 2 is 1.65 bits per heavy atom. The Morgan fingerprint density at radius 3 is 2.35 bits per heavy atom. The molecule has 0 atom stereocenters. The Balaban J connectivity index is 1.54. The van der Waals surface area contributed by atoms with E-state index in [-0.39, 0.29) is 13.1 Å². The van der Waals surface area contributed by atoms with Crippen LogP contribution in [0.15, 0.2) is 35.2 Å². The van der Waals surface area contributed by atoms with Gasteiger partial charge >= 0.3 is 0 Å². The molecule has 1 saturated heterocycles. The van der Waals surface area contributed by atoms with E-state index in [9.17, 15) is 17.2 Å². The maximum Gasteiger partial charge on any atom is 0.249 e. The van der Waals surface area contributed by atoms with Crippen LogP contribution in [0.2, 0.25) is 0 Å². The van der Waals surface area contributed by atoms with Crippen LogP contribution in [-0.4, -0.2) is 64.2 Å². The molecule has 9 nitrogen and oxygen atoms in total. The summed E-state index contributed by atoms with van der Waals surface area (Å²) >= 11 is 0. The number of tetrazole rings is 1. The van der Waals surface area contributed by atoms with Crippen molar-refractivity contribution >= 4 is 21.5 Å². The maximum absolute atomic E-state index is 13.9. The molecule has 0 saturated carbocycles. The van der Waals surface area contributed by atoms with E-state index in [1.54, 1.807) is 12.1 Å². The standard InChI is InChI=1S/C14H13F2N7O2S/c15-10-2-1-3-11(16)14(10)26(24,25)22-8-6-21(7-9-22)13-5-4-12-17-19-20-23(12)18-13/h1-5H,6-9H2. The van der Waals surface area contributed by atoms with Crippen molar-refractivity contribution in [2.75, 3.05) is 31.1 Å². The molecule has 0 amide bonds. The molecule has 0 aliphatic carbocycles. The molecule has 0 radical (unpaired) electrons. The van der Waals surface area contributed by atoms with Crippen LogP contribution in [-0.2, 0) is 10.0 Å². The van der Waals surface area contributed by atoms with Gasteiger partial charge in [-0.1, -0.05) is 6.07 Å². The van der Waals surface area contributed by atoms with Crippen LogP contribution in [0, 0.1) is 11.6 Å². The minimum absolute atomic E-state index is 0.0748. The lowest BCUT2D eigenvalue weighted by Gasteiger charge is -2.34. The van der Waals surface area contributed by atoms with Crippen molar-refractivity contribution in [1.29, 1.82) is 0 Å². The first kappa shape index (κ1) is 16.7. The monoisotopic (exact) mass is 381 g/mol. The summed E-state index contributed by atoms with van der Waals surface area (Å²) in [5.41, 5.74) is 0.491. The first-order chi connectivity index (χ1) is 12.5. The van der Waals surface area contributed by atoms with Gasteiger partial charge in [-0.05, 0) is 34.7 Å². The second kappa shape index (κ2) is 6.21. The van der Waals surface area contributed by atoms with Crippen molar-refractivity contribution in [2.45, 2.75) is 4.90 Å². The fourth-order valence-corrected chi connectivity index (χ4v) is 4.36. The zero-order chi connectivity index (χ0) is 18.3. The molecule has 1 aromatic carbocycles. The van der Waals surface area contributed by atoms with E-state index in [1.807, 2.05) is 4.90 Å². The number of anilines is 1. The molecule has 2 aromatic heterocycles. The largest absolute Gasteiger partial charge is 0.352 e. The summed E-state index contributed by atoms with van der Waals surface area (Å²) in [4.78, 5) is 0.937. The molecule has 0 unspecified atom stereocenters. The van der Waals surface area contributed by atoms with Crippen LogP contribution in [0.25, 0.3) is 5.65 Å². The highest BCUT2D eigenvalue weighted by molar-refractivity contribution is 7.89. The van der Waals surface area contributed by atoms with Gasteiger partial charge in [-0.2, -0.15) is 4.31 Å². The zero-order valence-corrected chi connectivity index (χ0v) is 14.1. The topological polar surface area (TPSA) is 96.6 Å². The molecule has 0 spiro atoms. The second-order valence-corrected chi connectivity index (χ2v) is 7.53. The normalized spacial score (nSPS) is 16.3. The van der Waals surface area contributed by atoms with Gasteiger partial charge in [0.25, 0.3) is 0 Å². The van der Waals surface area contributed by atoms with Crippen molar-refractivity contribution in [3.05, 3.63) is 42.0 Å². The number of hydrogen-bond acceptors (Lipinski definition) is 7. The Kier molecular flexibility index (Phi) is 4.00. The van der Waals surface area contributed by atoms with Gasteiger partial charge in [0.05, 0.1) is 0 Å². The predicted molar refractivity (Wildman–Crippen MR) is 85.9 cm³/mol. The Hall–Kier alpha value is -2.73. The molecule has 0 N–H and O–H groups in total. The lowest BCUT2D eigenvalue weighted by molar-refractivity contribution is 0.377. The third-order valence-corrected chi connectivity index (χ3v) is 6.09. The Morgan fingerprint density at radius 1 is 0.962 bits per heavy atom. The lowest BCUT2D eigenvalue weighted by Crippen LogP contribution is -2.49. The van der Waals surface area contributed by atoms with Crippen LogP contribution >= 0.6 is 0 Å². The van der Waals surface area contributed by atoms with E-state index in [0.717, 1.165) is 22.5 Å². The van der Waals surface area contributed by atoms with Gasteiger partial charge < -0.3 is 4.90 Å². The van der Waals surface area contributed by atoms with E-state index >= 15 is 0 Å². The van der Waals surface area contributed by atoms with Gasteiger partial charge in [0, 0.05) is 26.2 Å². The number of piperazine rings is 1. The van der Waals surface area contributed by atoms with Crippen LogP contribution < -0.4 is 4.90 Å². The summed E-state index contributed by atoms with van der Waals surface area (Å²) in [6.45, 7) is 0.780. The second-order valence-electron chi connectivity index (χ2n) is 5.66. The molecule has 3 heterocycles. The first-order valence-corrected chi connectivity index (χ1v) is 9.15. The third-order valence-electron chi connectivity index (χ3n) is 4.13. The molecule has 1 fully saturated rings. The third kappa shape index (κ3) is 2.76. The Labute approximate surface area is 146 Å². The maximum atomic E-state index is 13.9. The highest BCUT2D eigenvalue weighted by atomic mass is 32.2. The highest BCUT2D eigenvalue weighted by Crippen LogP contribution is 2.24. The number of sulfonamides is 1. The number of halogens is 2. The number of aromatic nitrogens is 5. The summed E-state index contributed by atoms with van der Waals surface area (Å²) in [5.74, 6) is -1.62. The average molecular weight is 381 g/mol. The summed E-state index contributed by atoms with van der Waals surface area (Å²) in [5, 5.41) is 15.2. The molecular formula is C14H13F2N7O2S. The molecule has 3 aromatic rings. The molecule has 1 aliphatic rings. The van der Waals surface area contributed by atoms with Gasteiger partial charge in [0.2, 0.25) is 10.0 Å². The van der Waals surface area contributed by atoms with Crippen LogP contribution in [0.1, 0.15) is 0 Å². The van der Waals surface area contributed by atoms with Crippen molar-refractivity contribution in [3.63, 3.8) is 0 Å². The fourth-order valence-electron chi connectivity index (χ4n) is 2.82. The average Bonchev–Trinajstić information content (AvgIpc) is 3.09. The van der Waals surface area contributed by atoms with Gasteiger partial charge in [-0.25, -0.2) is 17.2 Å². The fraction of sp³-hybridized carbons (Fsp3) is 0.286. The number of benzene rings is 1. The molecule has 1 aliphatic heterocycles. The number of rotatable bonds is 3. The van der Waals surface area contributed by atoms with Crippen LogP contribution in [0.3, 0.4) is 0 Å². The van der Waals surface area contributed by atoms with Gasteiger partial charge in [0.1, 0.15) is 11.6 Å². The van der Waals surface area contributed by atoms with E-state index < -0.39 is 26.6 Å². The summed E-state index contributed by atoms with van der Waals surface area (Å²) in [6, 6.07) is 6.41. The molecule has 136 valence electrons. The smallest absolute Gasteiger partial charge is 0.249 e. The van der Waals surface area contributed by atoms with Crippen molar-refractivity contribution < 1.29 is 17.2 Å². The van der Waals surface area contributed by atoms with Gasteiger partial charge in [-0.15, -0.1) is 14.8 Å². The van der Waals surface area contributed by atoms with Gasteiger partial charge in [-0.3, -0.25) is 0 Å². The van der Waals surface area contributed by atoms with Crippen LogP contribution in [0.4, 0.5) is 14.6 Å². The number of hydrogen-bond donors (Lipinski definition) is 0. The van der Waals surface area contributed by atoms with E-state index in [0.29, 0.717) is 24.6 Å². The number of fused-ring (bicyclic) bond motifs is 1. The van der Waals surface area contributed by atoms with Crippen LogP contribution in [0.5, 0.6) is 0 Å².